The van der Waals surface area contributed by atoms with Gasteiger partial charge in [-0.1, -0.05) is 0 Å². The standard InChI is InChI=1S/C11H16N2O3/c1-7(2)13-9(14)8-5-4-6-16-10(8)12(3)11(13)15/h7H,4-6H2,1-3H3. The van der Waals surface area contributed by atoms with Crippen LogP contribution in [0.2, 0.25) is 0 Å². The van der Waals surface area contributed by atoms with Gasteiger partial charge in [-0.2, -0.15) is 0 Å². The number of hydrogen-bond donors (Lipinski definition) is 0. The van der Waals surface area contributed by atoms with Gasteiger partial charge in [-0.25, -0.2) is 4.79 Å². The fraction of sp³-hybridized carbons (Fsp3) is 0.636. The van der Waals surface area contributed by atoms with Gasteiger partial charge in [0.15, 0.2) is 0 Å². The van der Waals surface area contributed by atoms with Crippen molar-refractivity contribution in [2.75, 3.05) is 6.61 Å². The third-order valence-corrected chi connectivity index (χ3v) is 2.86. The zero-order chi connectivity index (χ0) is 11.9. The molecule has 0 bridgehead atoms. The Labute approximate surface area is 93.3 Å². The molecule has 16 heavy (non-hydrogen) atoms. The molecule has 2 rings (SSSR count). The van der Waals surface area contributed by atoms with Crippen molar-refractivity contribution < 1.29 is 4.74 Å². The van der Waals surface area contributed by atoms with Crippen molar-refractivity contribution >= 4 is 0 Å². The van der Waals surface area contributed by atoms with Crippen molar-refractivity contribution in [2.24, 2.45) is 7.05 Å². The summed E-state index contributed by atoms with van der Waals surface area (Å²) in [6.07, 6.45) is 1.52. The first-order valence-electron chi connectivity index (χ1n) is 5.51. The molecule has 5 nitrogen and oxygen atoms in total. The second-order valence-corrected chi connectivity index (χ2v) is 4.35. The van der Waals surface area contributed by atoms with E-state index in [2.05, 4.69) is 0 Å². The molecule has 1 aliphatic rings. The predicted octanol–water partition coefficient (Wildman–Crippen LogP) is 0.453. The molecule has 1 aromatic rings. The second-order valence-electron chi connectivity index (χ2n) is 4.35. The highest BCUT2D eigenvalue weighted by molar-refractivity contribution is 5.26. The van der Waals surface area contributed by atoms with E-state index in [4.69, 9.17) is 4.74 Å². The third-order valence-electron chi connectivity index (χ3n) is 2.86. The normalized spacial score (nSPS) is 14.8. The molecule has 0 N–H and O–H groups in total. The number of hydrogen-bond acceptors (Lipinski definition) is 3. The quantitative estimate of drug-likeness (QED) is 0.696. The lowest BCUT2D eigenvalue weighted by atomic mass is 10.1. The number of fused-ring (bicyclic) bond motifs is 1. The summed E-state index contributed by atoms with van der Waals surface area (Å²) in [5.74, 6) is 0.443. The molecule has 0 radical (unpaired) electrons. The SMILES string of the molecule is CC(C)n1c(=O)c2c(n(C)c1=O)OCCC2. The highest BCUT2D eigenvalue weighted by Gasteiger charge is 2.22. The number of nitrogens with zero attached hydrogens (tertiary/aromatic N) is 2. The Morgan fingerprint density at radius 1 is 1.31 bits per heavy atom. The molecule has 0 aliphatic carbocycles. The van der Waals surface area contributed by atoms with Crippen LogP contribution in [0.15, 0.2) is 9.59 Å². The van der Waals surface area contributed by atoms with Crippen LogP contribution >= 0.6 is 0 Å². The summed E-state index contributed by atoms with van der Waals surface area (Å²) in [6.45, 7) is 4.24. The first kappa shape index (κ1) is 11.0. The van der Waals surface area contributed by atoms with E-state index in [1.165, 1.54) is 9.13 Å². The first-order valence-corrected chi connectivity index (χ1v) is 5.51. The summed E-state index contributed by atoms with van der Waals surface area (Å²) >= 11 is 0. The van der Waals surface area contributed by atoms with E-state index in [1.54, 1.807) is 7.05 Å². The molecule has 0 fully saturated rings. The Morgan fingerprint density at radius 3 is 2.62 bits per heavy atom. The minimum absolute atomic E-state index is 0.126. The van der Waals surface area contributed by atoms with Crippen molar-refractivity contribution in [3.63, 3.8) is 0 Å². The maximum absolute atomic E-state index is 12.1. The molecule has 1 aromatic heterocycles. The van der Waals surface area contributed by atoms with E-state index < -0.39 is 0 Å². The molecule has 5 heteroatoms. The van der Waals surface area contributed by atoms with Crippen LogP contribution in [0.5, 0.6) is 5.88 Å². The molecule has 88 valence electrons. The van der Waals surface area contributed by atoms with Gasteiger partial charge in [-0.3, -0.25) is 13.9 Å². The first-order chi connectivity index (χ1) is 7.54. The average molecular weight is 224 g/mol. The highest BCUT2D eigenvalue weighted by Crippen LogP contribution is 2.19. The fourth-order valence-corrected chi connectivity index (χ4v) is 2.05. The Balaban J connectivity index is 2.81. The van der Waals surface area contributed by atoms with Gasteiger partial charge in [0.05, 0.1) is 12.2 Å². The fourth-order valence-electron chi connectivity index (χ4n) is 2.05. The molecule has 0 amide bonds. The number of aromatic nitrogens is 2. The average Bonchev–Trinajstić information content (AvgIpc) is 2.26. The second kappa shape index (κ2) is 3.81. The zero-order valence-corrected chi connectivity index (χ0v) is 9.82. The molecule has 0 aromatic carbocycles. The molecule has 0 atom stereocenters. The summed E-state index contributed by atoms with van der Waals surface area (Å²) in [5.41, 5.74) is 0.121. The van der Waals surface area contributed by atoms with Gasteiger partial charge in [-0.05, 0) is 26.7 Å². The van der Waals surface area contributed by atoms with Gasteiger partial charge in [0, 0.05) is 13.1 Å². The molecule has 1 aliphatic heterocycles. The van der Waals surface area contributed by atoms with E-state index >= 15 is 0 Å². The smallest absolute Gasteiger partial charge is 0.333 e. The number of ether oxygens (including phenoxy) is 1. The minimum Gasteiger partial charge on any atom is -0.478 e. The van der Waals surface area contributed by atoms with E-state index in [-0.39, 0.29) is 17.3 Å². The van der Waals surface area contributed by atoms with Crippen molar-refractivity contribution in [1.29, 1.82) is 0 Å². The summed E-state index contributed by atoms with van der Waals surface area (Å²) in [6, 6.07) is -0.126. The highest BCUT2D eigenvalue weighted by atomic mass is 16.5. The van der Waals surface area contributed by atoms with Gasteiger partial charge in [-0.15, -0.1) is 0 Å². The molecule has 0 spiro atoms. The van der Waals surface area contributed by atoms with E-state index in [0.717, 1.165) is 6.42 Å². The Hall–Kier alpha value is -1.52. The van der Waals surface area contributed by atoms with Crippen molar-refractivity contribution in [2.45, 2.75) is 32.7 Å². The Bertz CT molecular complexity index is 525. The van der Waals surface area contributed by atoms with Crippen LogP contribution in [0.25, 0.3) is 0 Å². The summed E-state index contributed by atoms with van der Waals surface area (Å²) in [5, 5.41) is 0. The van der Waals surface area contributed by atoms with E-state index in [9.17, 15) is 9.59 Å². The number of rotatable bonds is 1. The largest absolute Gasteiger partial charge is 0.478 e. The lowest BCUT2D eigenvalue weighted by molar-refractivity contribution is 0.255. The van der Waals surface area contributed by atoms with Crippen LogP contribution in [-0.4, -0.2) is 15.7 Å². The van der Waals surface area contributed by atoms with Crippen molar-refractivity contribution in [1.82, 2.24) is 9.13 Å². The molecule has 2 heterocycles. The summed E-state index contributed by atoms with van der Waals surface area (Å²) < 4.78 is 8.11. The van der Waals surface area contributed by atoms with Crippen LogP contribution in [0.4, 0.5) is 0 Å². The van der Waals surface area contributed by atoms with Crippen LogP contribution in [0.3, 0.4) is 0 Å². The monoisotopic (exact) mass is 224 g/mol. The zero-order valence-electron chi connectivity index (χ0n) is 9.82. The maximum atomic E-state index is 12.1. The molecule has 0 saturated heterocycles. The van der Waals surface area contributed by atoms with Gasteiger partial charge in [0.25, 0.3) is 5.56 Å². The van der Waals surface area contributed by atoms with Gasteiger partial charge in [0.2, 0.25) is 5.88 Å². The minimum atomic E-state index is -0.305. The lowest BCUT2D eigenvalue weighted by Crippen LogP contribution is -2.43. The third kappa shape index (κ3) is 1.47. The topological polar surface area (TPSA) is 53.2 Å². The van der Waals surface area contributed by atoms with Crippen molar-refractivity contribution in [3.05, 3.63) is 26.4 Å². The molecule has 0 unspecified atom stereocenters. The molecular formula is C11H16N2O3. The Morgan fingerprint density at radius 2 is 2.00 bits per heavy atom. The van der Waals surface area contributed by atoms with Gasteiger partial charge < -0.3 is 4.74 Å². The van der Waals surface area contributed by atoms with E-state index in [0.29, 0.717) is 24.5 Å². The van der Waals surface area contributed by atoms with Crippen LogP contribution < -0.4 is 16.0 Å². The summed E-state index contributed by atoms with van der Waals surface area (Å²) in [7, 11) is 1.64. The van der Waals surface area contributed by atoms with Crippen LogP contribution in [0, 0.1) is 0 Å². The Kier molecular flexibility index (Phi) is 2.61. The van der Waals surface area contributed by atoms with E-state index in [1.807, 2.05) is 13.8 Å². The molecule has 0 saturated carbocycles. The lowest BCUT2D eigenvalue weighted by Gasteiger charge is -2.21. The predicted molar refractivity (Wildman–Crippen MR) is 60.1 cm³/mol. The van der Waals surface area contributed by atoms with Gasteiger partial charge in [0.1, 0.15) is 0 Å². The maximum Gasteiger partial charge on any atom is 0.333 e. The molecular weight excluding hydrogens is 208 g/mol. The van der Waals surface area contributed by atoms with Gasteiger partial charge >= 0.3 is 5.69 Å². The van der Waals surface area contributed by atoms with Crippen LogP contribution in [-0.2, 0) is 13.5 Å². The summed E-state index contributed by atoms with van der Waals surface area (Å²) in [4.78, 5) is 24.0. The van der Waals surface area contributed by atoms with Crippen molar-refractivity contribution in [3.8, 4) is 5.88 Å². The van der Waals surface area contributed by atoms with Crippen LogP contribution in [0.1, 0.15) is 31.9 Å².